The highest BCUT2D eigenvalue weighted by Crippen LogP contribution is 2.43. The summed E-state index contributed by atoms with van der Waals surface area (Å²) in [5, 5.41) is 0. The van der Waals surface area contributed by atoms with Gasteiger partial charge in [-0.25, -0.2) is 23.4 Å². The highest BCUT2D eigenvalue weighted by molar-refractivity contribution is 5.70. The maximum absolute atomic E-state index is 14.7. The molecule has 39 heavy (non-hydrogen) atoms. The van der Waals surface area contributed by atoms with Crippen LogP contribution < -0.4 is 11.4 Å². The number of amides is 1. The van der Waals surface area contributed by atoms with Gasteiger partial charge in [-0.15, -0.1) is 0 Å². The third-order valence-electron chi connectivity index (χ3n) is 7.91. The van der Waals surface area contributed by atoms with Crippen molar-refractivity contribution in [2.75, 3.05) is 13.1 Å². The molecule has 0 radical (unpaired) electrons. The number of nitrogens with one attached hydrogen (secondary N) is 1. The van der Waals surface area contributed by atoms with E-state index in [1.165, 1.54) is 6.07 Å². The summed E-state index contributed by atoms with van der Waals surface area (Å²) in [5.74, 6) is -2.34. The van der Waals surface area contributed by atoms with Crippen molar-refractivity contribution in [1.29, 1.82) is 0 Å². The van der Waals surface area contributed by atoms with Crippen LogP contribution in [0.15, 0.2) is 59.7 Å². The maximum Gasteiger partial charge on any atom is 0.410 e. The van der Waals surface area contributed by atoms with Crippen LogP contribution in [0.1, 0.15) is 66.6 Å². The first kappa shape index (κ1) is 25.2. The van der Waals surface area contributed by atoms with Gasteiger partial charge in [0.2, 0.25) is 0 Å². The summed E-state index contributed by atoms with van der Waals surface area (Å²) in [6.07, 6.45) is 3.99. The van der Waals surface area contributed by atoms with Crippen LogP contribution in [-0.4, -0.2) is 43.6 Å². The highest BCUT2D eigenvalue weighted by Gasteiger charge is 2.36. The van der Waals surface area contributed by atoms with Crippen molar-refractivity contribution in [3.63, 3.8) is 0 Å². The summed E-state index contributed by atoms with van der Waals surface area (Å²) >= 11 is 0. The highest BCUT2D eigenvalue weighted by atomic mass is 19.2. The molecule has 11 heteroatoms. The van der Waals surface area contributed by atoms with Crippen LogP contribution in [0.25, 0.3) is 11.2 Å². The number of halogens is 2. The van der Waals surface area contributed by atoms with E-state index in [0.29, 0.717) is 55.7 Å². The molecule has 1 saturated heterocycles. The minimum Gasteiger partial charge on any atom is -0.440 e. The van der Waals surface area contributed by atoms with Gasteiger partial charge >= 0.3 is 11.8 Å². The second kappa shape index (κ2) is 10.2. The number of carbonyl (C=O) groups excluding carboxylic acids is 1. The van der Waals surface area contributed by atoms with E-state index in [0.717, 1.165) is 11.6 Å². The molecule has 0 spiro atoms. The minimum atomic E-state index is -0.923. The number of aromatic nitrogens is 4. The van der Waals surface area contributed by atoms with Gasteiger partial charge in [-0.1, -0.05) is 18.2 Å². The standard InChI is InChI=1S/C28H28F2N6O3/c29-20-6-1-4-17(23(20)30)18-8-9-22(25-19(24(18)31)5-2-12-32-25)39-28(38)35-14-10-16(11-15-35)36-21-7-3-13-33-26(21)34-27(36)37/h1-7,12-13,16,18,22,24H,8-11,14-15,31H2,(H,33,34,37). The van der Waals surface area contributed by atoms with E-state index in [-0.39, 0.29) is 17.3 Å². The Kier molecular flexibility index (Phi) is 6.59. The number of aromatic amines is 1. The van der Waals surface area contributed by atoms with Gasteiger partial charge in [-0.05, 0) is 61.1 Å². The molecule has 3 unspecified atom stereocenters. The van der Waals surface area contributed by atoms with E-state index in [2.05, 4.69) is 15.0 Å². The van der Waals surface area contributed by atoms with Crippen molar-refractivity contribution >= 4 is 17.3 Å². The van der Waals surface area contributed by atoms with Crippen LogP contribution >= 0.6 is 0 Å². The summed E-state index contributed by atoms with van der Waals surface area (Å²) in [5.41, 5.74) is 9.02. The molecule has 3 atom stereocenters. The van der Waals surface area contributed by atoms with Crippen LogP contribution in [0.3, 0.4) is 0 Å². The fourth-order valence-electron chi connectivity index (χ4n) is 5.94. The number of nitrogens with zero attached hydrogens (tertiary/aromatic N) is 4. The summed E-state index contributed by atoms with van der Waals surface area (Å²) in [6, 6.07) is 10.5. The second-order valence-corrected chi connectivity index (χ2v) is 10.1. The number of hydrogen-bond acceptors (Lipinski definition) is 6. The molecule has 1 aliphatic carbocycles. The summed E-state index contributed by atoms with van der Waals surface area (Å²) in [4.78, 5) is 38.9. The third-order valence-corrected chi connectivity index (χ3v) is 7.91. The zero-order chi connectivity index (χ0) is 27.1. The Morgan fingerprint density at radius 3 is 2.54 bits per heavy atom. The van der Waals surface area contributed by atoms with Crippen molar-refractivity contribution in [2.45, 2.75) is 49.8 Å². The lowest BCUT2D eigenvalue weighted by atomic mass is 9.86. The molecule has 202 valence electrons. The predicted molar refractivity (Wildman–Crippen MR) is 139 cm³/mol. The monoisotopic (exact) mass is 534 g/mol. The topological polar surface area (TPSA) is 119 Å². The Labute approximate surface area is 222 Å². The summed E-state index contributed by atoms with van der Waals surface area (Å²) in [6.45, 7) is 0.836. The number of ether oxygens (including phenoxy) is 1. The van der Waals surface area contributed by atoms with Crippen molar-refractivity contribution in [1.82, 2.24) is 24.4 Å². The Morgan fingerprint density at radius 2 is 1.72 bits per heavy atom. The van der Waals surface area contributed by atoms with Gasteiger partial charge < -0.3 is 15.4 Å². The third kappa shape index (κ3) is 4.56. The van der Waals surface area contributed by atoms with Gasteiger partial charge in [0.1, 0.15) is 6.10 Å². The Bertz CT molecular complexity index is 1580. The van der Waals surface area contributed by atoms with Crippen LogP contribution in [0, 0.1) is 11.6 Å². The van der Waals surface area contributed by atoms with E-state index < -0.39 is 35.8 Å². The number of fused-ring (bicyclic) bond motifs is 2. The number of likely N-dealkylation sites (tertiary alicyclic amines) is 1. The average molecular weight is 535 g/mol. The van der Waals surface area contributed by atoms with E-state index in [4.69, 9.17) is 10.5 Å². The number of pyridine rings is 2. The molecule has 9 nitrogen and oxygen atoms in total. The molecule has 4 heterocycles. The van der Waals surface area contributed by atoms with E-state index in [9.17, 15) is 18.4 Å². The van der Waals surface area contributed by atoms with Crippen LogP contribution in [0.5, 0.6) is 0 Å². The van der Waals surface area contributed by atoms with E-state index in [1.54, 1.807) is 46.1 Å². The Balaban J connectivity index is 1.18. The van der Waals surface area contributed by atoms with Gasteiger partial charge in [0.15, 0.2) is 17.3 Å². The van der Waals surface area contributed by atoms with Gasteiger partial charge in [-0.3, -0.25) is 14.5 Å². The SMILES string of the molecule is NC1c2cccnc2C(OC(=O)N2CCC(n3c(=O)[nH]c4ncccc43)CC2)CCC1c1cccc(F)c1F. The fourth-order valence-corrected chi connectivity index (χ4v) is 5.94. The lowest BCUT2D eigenvalue weighted by molar-refractivity contribution is 0.0472. The Morgan fingerprint density at radius 1 is 0.974 bits per heavy atom. The number of H-pyrrole nitrogens is 1. The van der Waals surface area contributed by atoms with E-state index >= 15 is 0 Å². The van der Waals surface area contributed by atoms with Gasteiger partial charge in [-0.2, -0.15) is 0 Å². The first-order valence-electron chi connectivity index (χ1n) is 13.1. The number of rotatable bonds is 3. The number of carbonyl (C=O) groups is 1. The molecule has 0 saturated carbocycles. The molecular formula is C28H28F2N6O3. The number of benzene rings is 1. The van der Waals surface area contributed by atoms with Crippen molar-refractivity contribution in [2.24, 2.45) is 5.73 Å². The van der Waals surface area contributed by atoms with Crippen molar-refractivity contribution in [3.05, 3.63) is 93.8 Å². The molecule has 6 rings (SSSR count). The van der Waals surface area contributed by atoms with Crippen LogP contribution in [0.4, 0.5) is 13.6 Å². The van der Waals surface area contributed by atoms with Gasteiger partial charge in [0, 0.05) is 43.5 Å². The second-order valence-electron chi connectivity index (χ2n) is 10.1. The Hall–Kier alpha value is -4.12. The normalized spacial score (nSPS) is 21.9. The van der Waals surface area contributed by atoms with Gasteiger partial charge in [0.05, 0.1) is 11.2 Å². The molecule has 3 N–H and O–H groups in total. The maximum atomic E-state index is 14.7. The number of nitrogens with two attached hydrogens (primary N) is 1. The summed E-state index contributed by atoms with van der Waals surface area (Å²) < 4.78 is 36.4. The largest absolute Gasteiger partial charge is 0.440 e. The van der Waals surface area contributed by atoms with Crippen molar-refractivity contribution in [3.8, 4) is 0 Å². The lowest BCUT2D eigenvalue weighted by Gasteiger charge is -2.33. The zero-order valence-electron chi connectivity index (χ0n) is 21.1. The van der Waals surface area contributed by atoms with Crippen LogP contribution in [-0.2, 0) is 4.74 Å². The molecule has 1 aliphatic heterocycles. The van der Waals surface area contributed by atoms with Gasteiger partial charge in [0.25, 0.3) is 0 Å². The average Bonchev–Trinajstić information content (AvgIpc) is 3.23. The molecule has 0 bridgehead atoms. The van der Waals surface area contributed by atoms with Crippen LogP contribution in [0.2, 0.25) is 0 Å². The molecule has 4 aromatic rings. The quantitative estimate of drug-likeness (QED) is 0.374. The zero-order valence-corrected chi connectivity index (χ0v) is 21.1. The molecular weight excluding hydrogens is 506 g/mol. The molecule has 1 amide bonds. The molecule has 3 aromatic heterocycles. The molecule has 1 aromatic carbocycles. The molecule has 1 fully saturated rings. The number of imidazole rings is 1. The minimum absolute atomic E-state index is 0.0697. The number of hydrogen-bond donors (Lipinski definition) is 2. The summed E-state index contributed by atoms with van der Waals surface area (Å²) in [7, 11) is 0. The van der Waals surface area contributed by atoms with Crippen molar-refractivity contribution < 1.29 is 18.3 Å². The number of piperidine rings is 1. The van der Waals surface area contributed by atoms with E-state index in [1.807, 2.05) is 6.07 Å². The fraction of sp³-hybridized carbons (Fsp3) is 0.357. The molecule has 2 aliphatic rings. The predicted octanol–water partition coefficient (Wildman–Crippen LogP) is 4.49. The first-order chi connectivity index (χ1) is 18.9. The first-order valence-corrected chi connectivity index (χ1v) is 13.1. The smallest absolute Gasteiger partial charge is 0.410 e. The lowest BCUT2D eigenvalue weighted by Crippen LogP contribution is -2.41.